The van der Waals surface area contributed by atoms with Crippen LogP contribution in [0, 0.1) is 0 Å². The van der Waals surface area contributed by atoms with Crippen LogP contribution >= 0.6 is 23.2 Å². The first-order valence-electron chi connectivity index (χ1n) is 6.05. The Bertz CT molecular complexity index is 500. The maximum absolute atomic E-state index is 5.87. The van der Waals surface area contributed by atoms with Crippen LogP contribution in [-0.4, -0.2) is 0 Å². The molecule has 4 heteroatoms. The maximum atomic E-state index is 5.87. The average Bonchev–Trinajstić information content (AvgIpc) is 2.90. The molecule has 2 nitrogen and oxygen atoms in total. The molecule has 2 unspecified atom stereocenters. The Kier molecular flexibility index (Phi) is 3.76. The molecular weight excluding hydrogens is 283 g/mol. The SMILES string of the molecule is Clc1ccc(C2CC(c3ccc(Cl)cc3)OO2)cc1. The topological polar surface area (TPSA) is 18.5 Å². The lowest BCUT2D eigenvalue weighted by atomic mass is 10.00. The van der Waals surface area contributed by atoms with E-state index >= 15 is 0 Å². The van der Waals surface area contributed by atoms with E-state index in [0.29, 0.717) is 0 Å². The second kappa shape index (κ2) is 5.51. The molecule has 1 fully saturated rings. The summed E-state index contributed by atoms with van der Waals surface area (Å²) in [6, 6.07) is 15.3. The van der Waals surface area contributed by atoms with Gasteiger partial charge in [0, 0.05) is 16.5 Å². The van der Waals surface area contributed by atoms with Crippen molar-refractivity contribution in [2.45, 2.75) is 18.6 Å². The van der Waals surface area contributed by atoms with Crippen molar-refractivity contribution in [3.8, 4) is 0 Å². The monoisotopic (exact) mass is 294 g/mol. The normalized spacial score (nSPS) is 22.6. The summed E-state index contributed by atoms with van der Waals surface area (Å²) in [5.41, 5.74) is 2.14. The van der Waals surface area contributed by atoms with E-state index in [9.17, 15) is 0 Å². The second-order valence-corrected chi connectivity index (χ2v) is 5.38. The fourth-order valence-corrected chi connectivity index (χ4v) is 2.40. The third-order valence-electron chi connectivity index (χ3n) is 3.20. The van der Waals surface area contributed by atoms with Crippen molar-refractivity contribution in [1.29, 1.82) is 0 Å². The summed E-state index contributed by atoms with van der Waals surface area (Å²) < 4.78 is 0. The molecule has 0 bridgehead atoms. The summed E-state index contributed by atoms with van der Waals surface area (Å²) >= 11 is 11.7. The van der Waals surface area contributed by atoms with Crippen molar-refractivity contribution in [1.82, 2.24) is 0 Å². The van der Waals surface area contributed by atoms with E-state index < -0.39 is 0 Å². The van der Waals surface area contributed by atoms with Crippen molar-refractivity contribution in [2.24, 2.45) is 0 Å². The van der Waals surface area contributed by atoms with Crippen LogP contribution in [0.5, 0.6) is 0 Å². The zero-order valence-electron chi connectivity index (χ0n) is 10.1. The molecule has 1 saturated heterocycles. The van der Waals surface area contributed by atoms with Crippen molar-refractivity contribution >= 4 is 23.2 Å². The number of hydrogen-bond acceptors (Lipinski definition) is 2. The number of benzene rings is 2. The lowest BCUT2D eigenvalue weighted by Crippen LogP contribution is -1.96. The van der Waals surface area contributed by atoms with Gasteiger partial charge in [0.15, 0.2) is 0 Å². The summed E-state index contributed by atoms with van der Waals surface area (Å²) in [7, 11) is 0. The van der Waals surface area contributed by atoms with Gasteiger partial charge in [-0.3, -0.25) is 0 Å². The quantitative estimate of drug-likeness (QED) is 0.715. The van der Waals surface area contributed by atoms with E-state index in [4.69, 9.17) is 33.0 Å². The van der Waals surface area contributed by atoms with Crippen molar-refractivity contribution < 1.29 is 9.78 Å². The molecule has 2 atom stereocenters. The highest BCUT2D eigenvalue weighted by molar-refractivity contribution is 6.30. The highest BCUT2D eigenvalue weighted by Gasteiger charge is 2.29. The molecule has 1 heterocycles. The molecule has 2 aromatic carbocycles. The molecule has 0 radical (unpaired) electrons. The average molecular weight is 295 g/mol. The third-order valence-corrected chi connectivity index (χ3v) is 3.70. The van der Waals surface area contributed by atoms with E-state index in [2.05, 4.69) is 0 Å². The Morgan fingerprint density at radius 3 is 1.42 bits per heavy atom. The number of hydrogen-bond donors (Lipinski definition) is 0. The Morgan fingerprint density at radius 1 is 0.684 bits per heavy atom. The minimum atomic E-state index is -0.0575. The largest absolute Gasteiger partial charge is 0.228 e. The fraction of sp³-hybridized carbons (Fsp3) is 0.200. The van der Waals surface area contributed by atoms with Crippen molar-refractivity contribution in [2.75, 3.05) is 0 Å². The Balaban J connectivity index is 1.73. The molecule has 1 aliphatic rings. The van der Waals surface area contributed by atoms with Crippen molar-refractivity contribution in [3.05, 3.63) is 69.7 Å². The van der Waals surface area contributed by atoms with Crippen LogP contribution in [-0.2, 0) is 9.78 Å². The van der Waals surface area contributed by atoms with E-state index in [-0.39, 0.29) is 12.2 Å². The molecule has 1 aliphatic heterocycles. The minimum absolute atomic E-state index is 0.0575. The summed E-state index contributed by atoms with van der Waals surface area (Å²) in [5.74, 6) is 0. The van der Waals surface area contributed by atoms with Crippen LogP contribution in [0.15, 0.2) is 48.5 Å². The molecule has 0 N–H and O–H groups in total. The van der Waals surface area contributed by atoms with Crippen LogP contribution in [0.4, 0.5) is 0 Å². The third kappa shape index (κ3) is 2.93. The summed E-state index contributed by atoms with van der Waals surface area (Å²) in [6.07, 6.45) is 0.666. The molecule has 0 amide bonds. The molecule has 0 saturated carbocycles. The van der Waals surface area contributed by atoms with E-state index in [1.807, 2.05) is 48.5 Å². The van der Waals surface area contributed by atoms with Gasteiger partial charge in [-0.15, -0.1) is 0 Å². The molecule has 2 aromatic rings. The summed E-state index contributed by atoms with van der Waals surface area (Å²) in [4.78, 5) is 10.8. The number of halogens is 2. The highest BCUT2D eigenvalue weighted by Crippen LogP contribution is 2.39. The van der Waals surface area contributed by atoms with Gasteiger partial charge in [-0.1, -0.05) is 47.5 Å². The molecule has 0 aliphatic carbocycles. The molecule has 3 rings (SSSR count). The maximum Gasteiger partial charge on any atom is 0.121 e. The lowest BCUT2D eigenvalue weighted by Gasteiger charge is -2.07. The Labute approximate surface area is 121 Å². The van der Waals surface area contributed by atoms with Crippen LogP contribution in [0.3, 0.4) is 0 Å². The Morgan fingerprint density at radius 2 is 1.05 bits per heavy atom. The van der Waals surface area contributed by atoms with Crippen LogP contribution in [0.2, 0.25) is 10.0 Å². The van der Waals surface area contributed by atoms with Crippen LogP contribution in [0.25, 0.3) is 0 Å². The van der Waals surface area contributed by atoms with Gasteiger partial charge < -0.3 is 0 Å². The van der Waals surface area contributed by atoms with Crippen molar-refractivity contribution in [3.63, 3.8) is 0 Å². The first kappa shape index (κ1) is 12.9. The minimum Gasteiger partial charge on any atom is -0.228 e. The predicted molar refractivity (Wildman–Crippen MR) is 75.2 cm³/mol. The number of rotatable bonds is 2. The van der Waals surface area contributed by atoms with E-state index in [1.165, 1.54) is 0 Å². The molecule has 0 aromatic heterocycles. The van der Waals surface area contributed by atoms with E-state index in [1.54, 1.807) is 0 Å². The Hall–Kier alpha value is -1.06. The molecule has 98 valence electrons. The zero-order chi connectivity index (χ0) is 13.2. The van der Waals surface area contributed by atoms with Gasteiger partial charge in [0.25, 0.3) is 0 Å². The predicted octanol–water partition coefficient (Wildman–Crippen LogP) is 5.13. The standard InChI is InChI=1S/C15H12Cl2O2/c16-12-5-1-10(2-6-12)14-9-15(19-18-14)11-3-7-13(17)8-4-11/h1-8,14-15H,9H2. The van der Waals surface area contributed by atoms with E-state index in [0.717, 1.165) is 27.6 Å². The first-order valence-corrected chi connectivity index (χ1v) is 6.81. The fourth-order valence-electron chi connectivity index (χ4n) is 2.15. The van der Waals surface area contributed by atoms with Gasteiger partial charge >= 0.3 is 0 Å². The molecule has 0 spiro atoms. The second-order valence-electron chi connectivity index (χ2n) is 4.51. The highest BCUT2D eigenvalue weighted by atomic mass is 35.5. The van der Waals surface area contributed by atoms with Gasteiger partial charge in [-0.2, -0.15) is 0 Å². The van der Waals surface area contributed by atoms with Gasteiger partial charge in [0.1, 0.15) is 12.2 Å². The van der Waals surface area contributed by atoms with Gasteiger partial charge in [0.2, 0.25) is 0 Å². The van der Waals surface area contributed by atoms with Gasteiger partial charge in [-0.05, 0) is 35.4 Å². The molecule has 19 heavy (non-hydrogen) atoms. The summed E-state index contributed by atoms with van der Waals surface area (Å²) in [6.45, 7) is 0. The van der Waals surface area contributed by atoms with Crippen LogP contribution in [0.1, 0.15) is 29.8 Å². The first-order chi connectivity index (χ1) is 9.22. The van der Waals surface area contributed by atoms with Gasteiger partial charge in [-0.25, -0.2) is 9.78 Å². The summed E-state index contributed by atoms with van der Waals surface area (Å²) in [5, 5.41) is 1.44. The zero-order valence-corrected chi connectivity index (χ0v) is 11.6. The van der Waals surface area contributed by atoms with Gasteiger partial charge in [0.05, 0.1) is 0 Å². The molecular formula is C15H12Cl2O2. The van der Waals surface area contributed by atoms with Crippen LogP contribution < -0.4 is 0 Å². The lowest BCUT2D eigenvalue weighted by molar-refractivity contribution is -0.300. The smallest absolute Gasteiger partial charge is 0.121 e.